The Balaban J connectivity index is 2.77. The monoisotopic (exact) mass is 507 g/mol. The smallest absolute Gasteiger partial charge is 0.408 e. The molecule has 0 aliphatic heterocycles. The lowest BCUT2D eigenvalue weighted by atomic mass is 10.0. The van der Waals surface area contributed by atoms with Crippen molar-refractivity contribution in [3.8, 4) is 5.75 Å². The van der Waals surface area contributed by atoms with Gasteiger partial charge in [0.25, 0.3) is 0 Å². The summed E-state index contributed by atoms with van der Waals surface area (Å²) in [7, 11) is -1.95. The summed E-state index contributed by atoms with van der Waals surface area (Å²) in [6, 6.07) is 6.31. The quantitative estimate of drug-likeness (QED) is 0.228. The van der Waals surface area contributed by atoms with Crippen LogP contribution in [0.3, 0.4) is 0 Å². The lowest BCUT2D eigenvalue weighted by molar-refractivity contribution is -0.157. The number of Topliss-reactive ketones (excluding diaryl/α,β-unsaturated/α-hetero) is 1. The fraction of sp³-hybridized carbons (Fsp3) is 0.667. The van der Waals surface area contributed by atoms with Crippen molar-refractivity contribution in [2.75, 3.05) is 0 Å². The molecule has 0 saturated carbocycles. The number of ether oxygens (including phenoxy) is 2. The summed E-state index contributed by atoms with van der Waals surface area (Å²) in [5.41, 5.74) is -0.810. The van der Waals surface area contributed by atoms with Gasteiger partial charge >= 0.3 is 12.1 Å². The number of amides is 1. The van der Waals surface area contributed by atoms with Gasteiger partial charge < -0.3 is 19.2 Å². The van der Waals surface area contributed by atoms with E-state index >= 15 is 0 Å². The van der Waals surface area contributed by atoms with Gasteiger partial charge in [0.1, 0.15) is 23.0 Å². The Hall–Kier alpha value is -2.35. The van der Waals surface area contributed by atoms with Crippen LogP contribution in [0.4, 0.5) is 4.79 Å². The lowest BCUT2D eigenvalue weighted by Gasteiger charge is -2.36. The van der Waals surface area contributed by atoms with Crippen LogP contribution in [0.2, 0.25) is 18.1 Å². The van der Waals surface area contributed by atoms with E-state index in [4.69, 9.17) is 13.9 Å². The first-order valence-electron chi connectivity index (χ1n) is 12.2. The lowest BCUT2D eigenvalue weighted by Crippen LogP contribution is -2.46. The van der Waals surface area contributed by atoms with Crippen molar-refractivity contribution < 1.29 is 28.3 Å². The number of ketones is 1. The fourth-order valence-electron chi connectivity index (χ4n) is 2.84. The van der Waals surface area contributed by atoms with Gasteiger partial charge in [0.05, 0.1) is 0 Å². The van der Waals surface area contributed by atoms with E-state index in [9.17, 15) is 14.4 Å². The molecule has 8 heteroatoms. The van der Waals surface area contributed by atoms with Crippen molar-refractivity contribution in [1.82, 2.24) is 5.32 Å². The van der Waals surface area contributed by atoms with Crippen LogP contribution in [0.1, 0.15) is 91.9 Å². The van der Waals surface area contributed by atoms with E-state index in [2.05, 4.69) is 39.2 Å². The van der Waals surface area contributed by atoms with Gasteiger partial charge in [-0.15, -0.1) is 0 Å². The summed E-state index contributed by atoms with van der Waals surface area (Å²) in [5.74, 6) is 0.173. The second-order valence-electron chi connectivity index (χ2n) is 12.4. The third-order valence-electron chi connectivity index (χ3n) is 5.63. The number of hydrogen-bond acceptors (Lipinski definition) is 6. The zero-order chi connectivity index (χ0) is 27.2. The van der Waals surface area contributed by atoms with E-state index < -0.39 is 37.6 Å². The van der Waals surface area contributed by atoms with Crippen molar-refractivity contribution >= 4 is 26.2 Å². The minimum atomic E-state index is -1.95. The van der Waals surface area contributed by atoms with Gasteiger partial charge in [-0.1, -0.05) is 20.8 Å². The van der Waals surface area contributed by atoms with E-state index in [1.807, 2.05) is 12.1 Å². The van der Waals surface area contributed by atoms with Crippen LogP contribution in [0.25, 0.3) is 0 Å². The Bertz CT molecular complexity index is 873. The molecular weight excluding hydrogens is 462 g/mol. The standard InChI is InChI=1S/C27H45NO6Si/c1-25(2,3)32-23(30)21(28-24(31)33-26(4,5)6)13-12-14-22(29)19-15-17-20(18-16-19)34-35(10,11)27(7,8)9/h15-18,21H,12-14H2,1-11H3,(H,28,31)/t21-/m0/s1. The molecule has 1 aromatic rings. The molecule has 1 aromatic carbocycles. The van der Waals surface area contributed by atoms with E-state index in [0.29, 0.717) is 12.0 Å². The molecule has 0 aromatic heterocycles. The van der Waals surface area contributed by atoms with Crippen LogP contribution in [-0.4, -0.2) is 43.4 Å². The van der Waals surface area contributed by atoms with Gasteiger partial charge in [-0.3, -0.25) is 4.79 Å². The SMILES string of the molecule is CC(C)(C)OC(=O)N[C@@H](CCCC(=O)c1ccc(O[Si](C)(C)C(C)(C)C)cc1)C(=O)OC(C)(C)C. The molecule has 0 aliphatic carbocycles. The fourth-order valence-corrected chi connectivity index (χ4v) is 3.87. The van der Waals surface area contributed by atoms with Gasteiger partial charge in [0.2, 0.25) is 8.32 Å². The third kappa shape index (κ3) is 11.3. The highest BCUT2D eigenvalue weighted by molar-refractivity contribution is 6.74. The largest absolute Gasteiger partial charge is 0.544 e. The number of carbonyl (C=O) groups excluding carboxylic acids is 3. The highest BCUT2D eigenvalue weighted by Gasteiger charge is 2.39. The van der Waals surface area contributed by atoms with Crippen molar-refractivity contribution in [2.45, 2.75) is 117 Å². The first kappa shape index (κ1) is 30.7. The zero-order valence-corrected chi connectivity index (χ0v) is 24.5. The Morgan fingerprint density at radius 2 is 1.37 bits per heavy atom. The molecule has 0 heterocycles. The Morgan fingerprint density at radius 1 is 0.857 bits per heavy atom. The van der Waals surface area contributed by atoms with E-state index in [0.717, 1.165) is 5.75 Å². The second-order valence-corrected chi connectivity index (χ2v) is 17.2. The number of carbonyl (C=O) groups is 3. The number of benzene rings is 1. The molecule has 0 aliphatic rings. The number of esters is 1. The van der Waals surface area contributed by atoms with Gasteiger partial charge in [0.15, 0.2) is 5.78 Å². The van der Waals surface area contributed by atoms with Crippen LogP contribution >= 0.6 is 0 Å². The Morgan fingerprint density at radius 3 is 1.83 bits per heavy atom. The molecule has 1 rings (SSSR count). The van der Waals surface area contributed by atoms with Crippen LogP contribution in [-0.2, 0) is 14.3 Å². The van der Waals surface area contributed by atoms with Gasteiger partial charge in [0, 0.05) is 12.0 Å². The topological polar surface area (TPSA) is 90.9 Å². The Kier molecular flexibility index (Phi) is 10.2. The number of hydrogen-bond donors (Lipinski definition) is 1. The number of nitrogens with one attached hydrogen (secondary N) is 1. The minimum Gasteiger partial charge on any atom is -0.544 e. The molecule has 198 valence electrons. The first-order valence-corrected chi connectivity index (χ1v) is 15.2. The maximum absolute atomic E-state index is 12.7. The summed E-state index contributed by atoms with van der Waals surface area (Å²) >= 11 is 0. The summed E-state index contributed by atoms with van der Waals surface area (Å²) in [5, 5.41) is 2.67. The first-order chi connectivity index (χ1) is 15.7. The number of alkyl carbamates (subject to hydrolysis) is 1. The van der Waals surface area contributed by atoms with Crippen LogP contribution in [0.5, 0.6) is 5.75 Å². The predicted octanol–water partition coefficient (Wildman–Crippen LogP) is 6.66. The summed E-state index contributed by atoms with van der Waals surface area (Å²) in [4.78, 5) is 37.6. The second kappa shape index (κ2) is 11.6. The molecule has 0 spiro atoms. The zero-order valence-electron chi connectivity index (χ0n) is 23.5. The average molecular weight is 508 g/mol. The molecule has 1 N–H and O–H groups in total. The van der Waals surface area contributed by atoms with Crippen LogP contribution in [0.15, 0.2) is 24.3 Å². The highest BCUT2D eigenvalue weighted by atomic mass is 28.4. The summed E-state index contributed by atoms with van der Waals surface area (Å²) in [6.07, 6.45) is 0.197. The van der Waals surface area contributed by atoms with Crippen molar-refractivity contribution in [3.05, 3.63) is 29.8 Å². The van der Waals surface area contributed by atoms with Crippen LogP contribution < -0.4 is 9.74 Å². The minimum absolute atomic E-state index is 0.0379. The predicted molar refractivity (Wildman–Crippen MR) is 141 cm³/mol. The highest BCUT2D eigenvalue weighted by Crippen LogP contribution is 2.37. The molecular formula is C27H45NO6Si. The van der Waals surface area contributed by atoms with Gasteiger partial charge in [-0.2, -0.15) is 0 Å². The number of rotatable bonds is 9. The maximum Gasteiger partial charge on any atom is 0.408 e. The average Bonchev–Trinajstić information content (AvgIpc) is 2.63. The van der Waals surface area contributed by atoms with E-state index in [1.54, 1.807) is 53.7 Å². The third-order valence-corrected chi connectivity index (χ3v) is 9.99. The molecule has 0 unspecified atom stereocenters. The molecule has 1 atom stereocenters. The van der Waals surface area contributed by atoms with E-state index in [-0.39, 0.29) is 23.7 Å². The van der Waals surface area contributed by atoms with E-state index in [1.165, 1.54) is 0 Å². The summed E-state index contributed by atoms with van der Waals surface area (Å²) in [6.45, 7) is 21.4. The van der Waals surface area contributed by atoms with Gasteiger partial charge in [-0.25, -0.2) is 9.59 Å². The van der Waals surface area contributed by atoms with Crippen LogP contribution in [0, 0.1) is 0 Å². The molecule has 0 saturated heterocycles. The molecule has 35 heavy (non-hydrogen) atoms. The van der Waals surface area contributed by atoms with Crippen molar-refractivity contribution in [3.63, 3.8) is 0 Å². The van der Waals surface area contributed by atoms with Crippen molar-refractivity contribution in [2.24, 2.45) is 0 Å². The van der Waals surface area contributed by atoms with Crippen molar-refractivity contribution in [1.29, 1.82) is 0 Å². The molecule has 1 amide bonds. The molecule has 7 nitrogen and oxygen atoms in total. The Labute approximate surface area is 212 Å². The molecule has 0 bridgehead atoms. The molecule has 0 radical (unpaired) electrons. The normalized spacial score (nSPS) is 13.6. The maximum atomic E-state index is 12.7. The summed E-state index contributed by atoms with van der Waals surface area (Å²) < 4.78 is 17.0. The molecule has 0 fully saturated rings. The van der Waals surface area contributed by atoms with Gasteiger partial charge in [-0.05, 0) is 96.8 Å².